The Labute approximate surface area is 181 Å². The molecule has 3 aliphatic heterocycles. The van der Waals surface area contributed by atoms with Gasteiger partial charge in [0.1, 0.15) is 18.4 Å². The minimum atomic E-state index is -0.131. The third-order valence-corrected chi connectivity index (χ3v) is 6.46. The van der Waals surface area contributed by atoms with Gasteiger partial charge >= 0.3 is 5.97 Å². The van der Waals surface area contributed by atoms with Crippen molar-refractivity contribution in [3.05, 3.63) is 64.7 Å². The molecule has 160 valence electrons. The van der Waals surface area contributed by atoms with Crippen LogP contribution >= 0.6 is 0 Å². The number of amides is 1. The third kappa shape index (κ3) is 3.61. The first-order chi connectivity index (χ1) is 15.2. The zero-order chi connectivity index (χ0) is 21.4. The van der Waals surface area contributed by atoms with E-state index in [1.807, 2.05) is 24.3 Å². The standard InChI is InChI=1S/C25H26N2O4/c1-30-25(29)21-8-4-5-12-27(21)13-11-16-9-10-18-17(14-16)15-31-23(18)22-19-6-2-3-7-20(19)26-24(22)28/h2-3,6-7,9-10,14,21H,4-5,8,11-13,15H2,1H3,(H,26,28)/b23-22+. The van der Waals surface area contributed by atoms with Crippen LogP contribution < -0.4 is 5.32 Å². The molecule has 0 bridgehead atoms. The molecule has 0 saturated carbocycles. The van der Waals surface area contributed by atoms with Crippen LogP contribution in [0.3, 0.4) is 0 Å². The van der Waals surface area contributed by atoms with Crippen LogP contribution in [0.4, 0.5) is 5.69 Å². The van der Waals surface area contributed by atoms with E-state index in [-0.39, 0.29) is 17.9 Å². The Bertz CT molecular complexity index is 1070. The van der Waals surface area contributed by atoms with Gasteiger partial charge in [0.25, 0.3) is 5.91 Å². The number of fused-ring (bicyclic) bond motifs is 2. The second kappa shape index (κ2) is 8.19. The molecule has 31 heavy (non-hydrogen) atoms. The van der Waals surface area contributed by atoms with Gasteiger partial charge in [0.15, 0.2) is 0 Å². The molecule has 1 atom stereocenters. The number of anilines is 1. The highest BCUT2D eigenvalue weighted by Crippen LogP contribution is 2.41. The topological polar surface area (TPSA) is 67.9 Å². The number of likely N-dealkylation sites (tertiary alicyclic amines) is 1. The molecule has 0 spiro atoms. The summed E-state index contributed by atoms with van der Waals surface area (Å²) in [5, 5.41) is 2.92. The van der Waals surface area contributed by atoms with Crippen molar-refractivity contribution >= 4 is 28.9 Å². The molecule has 0 aliphatic carbocycles. The highest BCUT2D eigenvalue weighted by atomic mass is 16.5. The number of para-hydroxylation sites is 1. The van der Waals surface area contributed by atoms with Gasteiger partial charge < -0.3 is 14.8 Å². The largest absolute Gasteiger partial charge is 0.487 e. The Balaban J connectivity index is 1.36. The summed E-state index contributed by atoms with van der Waals surface area (Å²) in [5.74, 6) is 0.409. The molecule has 6 heteroatoms. The van der Waals surface area contributed by atoms with E-state index in [2.05, 4.69) is 28.4 Å². The van der Waals surface area contributed by atoms with E-state index in [1.54, 1.807) is 0 Å². The number of esters is 1. The summed E-state index contributed by atoms with van der Waals surface area (Å²) in [6.07, 6.45) is 3.91. The molecule has 3 aliphatic rings. The maximum Gasteiger partial charge on any atom is 0.323 e. The van der Waals surface area contributed by atoms with E-state index >= 15 is 0 Å². The number of carbonyl (C=O) groups excluding carboxylic acids is 2. The van der Waals surface area contributed by atoms with Gasteiger partial charge in [-0.1, -0.05) is 42.8 Å². The lowest BCUT2D eigenvalue weighted by Crippen LogP contribution is -2.46. The average Bonchev–Trinajstić information content (AvgIpc) is 3.36. The van der Waals surface area contributed by atoms with Crippen LogP contribution in [0.5, 0.6) is 0 Å². The molecule has 1 fully saturated rings. The highest BCUT2D eigenvalue weighted by molar-refractivity contribution is 6.36. The van der Waals surface area contributed by atoms with E-state index < -0.39 is 0 Å². The lowest BCUT2D eigenvalue weighted by molar-refractivity contribution is -0.148. The molecule has 0 aromatic heterocycles. The van der Waals surface area contributed by atoms with Crippen LogP contribution in [0, 0.1) is 0 Å². The van der Waals surface area contributed by atoms with Crippen molar-refractivity contribution in [2.24, 2.45) is 0 Å². The van der Waals surface area contributed by atoms with Crippen molar-refractivity contribution in [3.8, 4) is 0 Å². The fourth-order valence-electron chi connectivity index (χ4n) is 4.85. The molecule has 0 radical (unpaired) electrons. The van der Waals surface area contributed by atoms with Crippen LogP contribution in [-0.4, -0.2) is 43.0 Å². The molecule has 1 saturated heterocycles. The van der Waals surface area contributed by atoms with Crippen LogP contribution in [0.1, 0.15) is 41.5 Å². The SMILES string of the molecule is COC(=O)C1CCCCN1CCc1ccc2c(c1)CO/C2=C1/C(=O)Nc2ccccc21. The number of methoxy groups -OCH3 is 1. The molecule has 2 aromatic rings. The lowest BCUT2D eigenvalue weighted by atomic mass is 9.97. The number of piperidine rings is 1. The minimum Gasteiger partial charge on any atom is -0.487 e. The maximum absolute atomic E-state index is 12.6. The first-order valence-electron chi connectivity index (χ1n) is 10.9. The van der Waals surface area contributed by atoms with Crippen molar-refractivity contribution in [1.82, 2.24) is 4.90 Å². The van der Waals surface area contributed by atoms with Crippen LogP contribution in [0.2, 0.25) is 0 Å². The number of ether oxygens (including phenoxy) is 2. The summed E-state index contributed by atoms with van der Waals surface area (Å²) in [7, 11) is 1.46. The van der Waals surface area contributed by atoms with Crippen molar-refractivity contribution in [3.63, 3.8) is 0 Å². The number of rotatable bonds is 4. The molecular weight excluding hydrogens is 392 g/mol. The quantitative estimate of drug-likeness (QED) is 0.607. The molecular formula is C25H26N2O4. The Kier molecular flexibility index (Phi) is 5.24. The summed E-state index contributed by atoms with van der Waals surface area (Å²) in [4.78, 5) is 26.9. The summed E-state index contributed by atoms with van der Waals surface area (Å²) < 4.78 is 11.0. The van der Waals surface area contributed by atoms with Gasteiger partial charge in [-0.3, -0.25) is 14.5 Å². The molecule has 6 nitrogen and oxygen atoms in total. The number of nitrogens with zero attached hydrogens (tertiary/aromatic N) is 1. The zero-order valence-corrected chi connectivity index (χ0v) is 17.6. The fourth-order valence-corrected chi connectivity index (χ4v) is 4.85. The van der Waals surface area contributed by atoms with Gasteiger partial charge in [0.2, 0.25) is 0 Å². The van der Waals surface area contributed by atoms with Crippen molar-refractivity contribution in [2.75, 3.05) is 25.5 Å². The Morgan fingerprint density at radius 3 is 2.94 bits per heavy atom. The van der Waals surface area contributed by atoms with Crippen molar-refractivity contribution in [1.29, 1.82) is 0 Å². The fraction of sp³-hybridized carbons (Fsp3) is 0.360. The number of hydrogen-bond acceptors (Lipinski definition) is 5. The van der Waals surface area contributed by atoms with Crippen LogP contribution in [0.25, 0.3) is 11.3 Å². The summed E-state index contributed by atoms with van der Waals surface area (Å²) >= 11 is 0. The molecule has 5 rings (SSSR count). The van der Waals surface area contributed by atoms with Gasteiger partial charge in [0, 0.05) is 28.9 Å². The van der Waals surface area contributed by atoms with E-state index in [0.29, 0.717) is 17.9 Å². The molecule has 1 unspecified atom stereocenters. The van der Waals surface area contributed by atoms with Crippen LogP contribution in [-0.2, 0) is 32.1 Å². The maximum atomic E-state index is 12.6. The Morgan fingerprint density at radius 1 is 1.19 bits per heavy atom. The Hall–Kier alpha value is -3.12. The van der Waals surface area contributed by atoms with Gasteiger partial charge in [-0.25, -0.2) is 0 Å². The smallest absolute Gasteiger partial charge is 0.323 e. The average molecular weight is 418 g/mol. The molecule has 3 heterocycles. The van der Waals surface area contributed by atoms with Crippen molar-refractivity contribution in [2.45, 2.75) is 38.3 Å². The predicted octanol–water partition coefficient (Wildman–Crippen LogP) is 3.61. The summed E-state index contributed by atoms with van der Waals surface area (Å²) in [6.45, 7) is 2.22. The highest BCUT2D eigenvalue weighted by Gasteiger charge is 2.32. The lowest BCUT2D eigenvalue weighted by Gasteiger charge is -2.33. The first-order valence-corrected chi connectivity index (χ1v) is 10.9. The number of carbonyl (C=O) groups is 2. The first kappa shape index (κ1) is 19.8. The normalized spacial score (nSPS) is 22.5. The zero-order valence-electron chi connectivity index (χ0n) is 17.6. The minimum absolute atomic E-state index is 0.118. The van der Waals surface area contributed by atoms with Gasteiger partial charge in [-0.05, 0) is 37.4 Å². The summed E-state index contributed by atoms with van der Waals surface area (Å²) in [5.41, 5.74) is 5.61. The van der Waals surface area contributed by atoms with Gasteiger partial charge in [0.05, 0.1) is 12.7 Å². The molecule has 2 aromatic carbocycles. The van der Waals surface area contributed by atoms with E-state index in [9.17, 15) is 9.59 Å². The second-order valence-corrected chi connectivity index (χ2v) is 8.30. The van der Waals surface area contributed by atoms with E-state index in [4.69, 9.17) is 9.47 Å². The van der Waals surface area contributed by atoms with Crippen molar-refractivity contribution < 1.29 is 19.1 Å². The number of benzene rings is 2. The van der Waals surface area contributed by atoms with Gasteiger partial charge in [-0.15, -0.1) is 0 Å². The number of nitrogens with one attached hydrogen (secondary N) is 1. The monoisotopic (exact) mass is 418 g/mol. The predicted molar refractivity (Wildman–Crippen MR) is 118 cm³/mol. The summed E-state index contributed by atoms with van der Waals surface area (Å²) in [6, 6.07) is 13.9. The van der Waals surface area contributed by atoms with E-state index in [0.717, 1.165) is 61.2 Å². The second-order valence-electron chi connectivity index (χ2n) is 8.30. The third-order valence-electron chi connectivity index (χ3n) is 6.46. The van der Waals surface area contributed by atoms with Crippen LogP contribution in [0.15, 0.2) is 42.5 Å². The number of hydrogen-bond donors (Lipinski definition) is 1. The Morgan fingerprint density at radius 2 is 2.06 bits per heavy atom. The molecule has 1 amide bonds. The van der Waals surface area contributed by atoms with E-state index in [1.165, 1.54) is 12.7 Å². The van der Waals surface area contributed by atoms with Gasteiger partial charge in [-0.2, -0.15) is 0 Å². The molecule has 1 N–H and O–H groups in total.